The van der Waals surface area contributed by atoms with Crippen LogP contribution in [0.3, 0.4) is 0 Å². The van der Waals surface area contributed by atoms with Crippen LogP contribution in [0.25, 0.3) is 0 Å². The van der Waals surface area contributed by atoms with Crippen LogP contribution in [0, 0.1) is 13.8 Å². The van der Waals surface area contributed by atoms with Crippen molar-refractivity contribution in [1.29, 1.82) is 0 Å². The summed E-state index contributed by atoms with van der Waals surface area (Å²) in [4.78, 5) is 26.0. The van der Waals surface area contributed by atoms with E-state index in [1.54, 1.807) is 42.5 Å². The number of aryl methyl sites for hydroxylation is 2. The van der Waals surface area contributed by atoms with Gasteiger partial charge in [-0.25, -0.2) is 0 Å². The van der Waals surface area contributed by atoms with E-state index in [4.69, 9.17) is 0 Å². The molecule has 5 nitrogen and oxygen atoms in total. The zero-order chi connectivity index (χ0) is 19.3. The van der Waals surface area contributed by atoms with Gasteiger partial charge >= 0.3 is 0 Å². The predicted molar refractivity (Wildman–Crippen MR) is 102 cm³/mol. The molecule has 0 saturated heterocycles. The number of benzene rings is 3. The van der Waals surface area contributed by atoms with E-state index in [0.29, 0.717) is 16.8 Å². The van der Waals surface area contributed by atoms with Gasteiger partial charge in [0.15, 0.2) is 11.6 Å². The third kappa shape index (κ3) is 2.56. The van der Waals surface area contributed by atoms with Gasteiger partial charge in [-0.3, -0.25) is 9.59 Å². The van der Waals surface area contributed by atoms with Crippen LogP contribution in [0.4, 0.5) is 11.4 Å². The molecule has 0 atom stereocenters. The maximum Gasteiger partial charge on any atom is 0.198 e. The summed E-state index contributed by atoms with van der Waals surface area (Å²) in [6.45, 7) is 3.67. The number of hydrogen-bond acceptors (Lipinski definition) is 5. The van der Waals surface area contributed by atoms with Gasteiger partial charge in [0.05, 0.1) is 16.8 Å². The number of anilines is 2. The second-order valence-electron chi connectivity index (χ2n) is 6.67. The molecule has 27 heavy (non-hydrogen) atoms. The van der Waals surface area contributed by atoms with Crippen molar-refractivity contribution in [3.8, 4) is 11.5 Å². The van der Waals surface area contributed by atoms with E-state index < -0.39 is 0 Å². The Kier molecular flexibility index (Phi) is 3.73. The van der Waals surface area contributed by atoms with Gasteiger partial charge in [-0.2, -0.15) is 0 Å². The molecule has 1 aliphatic rings. The monoisotopic (exact) mass is 359 g/mol. The van der Waals surface area contributed by atoms with Gasteiger partial charge in [0.2, 0.25) is 0 Å². The zero-order valence-corrected chi connectivity index (χ0v) is 14.8. The summed E-state index contributed by atoms with van der Waals surface area (Å²) in [5.41, 5.74) is 3.55. The molecule has 134 valence electrons. The molecule has 0 radical (unpaired) electrons. The van der Waals surface area contributed by atoms with Crippen molar-refractivity contribution in [2.45, 2.75) is 13.8 Å². The van der Waals surface area contributed by atoms with Crippen LogP contribution in [0.2, 0.25) is 0 Å². The normalized spacial score (nSPS) is 12.5. The van der Waals surface area contributed by atoms with Crippen molar-refractivity contribution >= 4 is 22.9 Å². The lowest BCUT2D eigenvalue weighted by Gasteiger charge is -2.22. The molecule has 3 aromatic rings. The van der Waals surface area contributed by atoms with E-state index in [1.165, 1.54) is 6.07 Å². The Morgan fingerprint density at radius 2 is 1.33 bits per heavy atom. The highest BCUT2D eigenvalue weighted by molar-refractivity contribution is 6.31. The molecule has 4 rings (SSSR count). The molecule has 3 aromatic carbocycles. The Morgan fingerprint density at radius 3 is 1.93 bits per heavy atom. The molecule has 0 unspecified atom stereocenters. The Balaban J connectivity index is 1.91. The number of fused-ring (bicyclic) bond motifs is 2. The van der Waals surface area contributed by atoms with Gasteiger partial charge < -0.3 is 15.5 Å². The fourth-order valence-electron chi connectivity index (χ4n) is 3.58. The summed E-state index contributed by atoms with van der Waals surface area (Å²) >= 11 is 0. The van der Waals surface area contributed by atoms with Gasteiger partial charge in [0, 0.05) is 16.8 Å². The quantitative estimate of drug-likeness (QED) is 0.466. The summed E-state index contributed by atoms with van der Waals surface area (Å²) in [7, 11) is 0. The van der Waals surface area contributed by atoms with Crippen LogP contribution in [-0.2, 0) is 0 Å². The smallest absolute Gasteiger partial charge is 0.198 e. The van der Waals surface area contributed by atoms with Gasteiger partial charge in [-0.1, -0.05) is 24.3 Å². The van der Waals surface area contributed by atoms with E-state index in [2.05, 4.69) is 5.32 Å². The molecule has 1 aliphatic carbocycles. The molecular weight excluding hydrogens is 342 g/mol. The highest BCUT2D eigenvalue weighted by Gasteiger charge is 2.34. The Morgan fingerprint density at radius 1 is 0.778 bits per heavy atom. The highest BCUT2D eigenvalue weighted by atomic mass is 16.3. The van der Waals surface area contributed by atoms with Gasteiger partial charge in [-0.15, -0.1) is 0 Å². The molecule has 0 bridgehead atoms. The van der Waals surface area contributed by atoms with E-state index >= 15 is 0 Å². The zero-order valence-electron chi connectivity index (χ0n) is 14.8. The molecule has 0 aromatic heterocycles. The van der Waals surface area contributed by atoms with Crippen LogP contribution in [0.5, 0.6) is 11.5 Å². The predicted octanol–water partition coefficient (Wildman–Crippen LogP) is 4.23. The fourth-order valence-corrected chi connectivity index (χ4v) is 3.58. The molecule has 0 aliphatic heterocycles. The maximum atomic E-state index is 13.1. The van der Waals surface area contributed by atoms with Crippen molar-refractivity contribution in [2.75, 3.05) is 5.32 Å². The minimum atomic E-state index is -0.375. The third-order valence-electron chi connectivity index (χ3n) is 4.83. The van der Waals surface area contributed by atoms with Crippen molar-refractivity contribution < 1.29 is 19.8 Å². The van der Waals surface area contributed by atoms with Gasteiger partial charge in [-0.05, 0) is 49.2 Å². The lowest BCUT2D eigenvalue weighted by atomic mass is 9.82. The van der Waals surface area contributed by atoms with E-state index in [0.717, 1.165) is 16.8 Å². The standard InChI is InChI=1S/C22H17NO4/c1-11-9-13(24)10-12(2)20(11)23-16-7-8-17(25)19-18(16)21(26)14-5-3-4-6-15(14)22(19)27/h3-10,23-25H,1-2H3. The first-order valence-electron chi connectivity index (χ1n) is 8.50. The third-order valence-corrected chi connectivity index (χ3v) is 4.83. The molecule has 0 saturated carbocycles. The molecule has 0 amide bonds. The molecule has 3 N–H and O–H groups in total. The van der Waals surface area contributed by atoms with Gasteiger partial charge in [0.1, 0.15) is 11.5 Å². The van der Waals surface area contributed by atoms with E-state index in [-0.39, 0.29) is 34.2 Å². The largest absolute Gasteiger partial charge is 0.508 e. The number of hydrogen-bond donors (Lipinski definition) is 3. The van der Waals surface area contributed by atoms with Crippen LogP contribution < -0.4 is 5.32 Å². The van der Waals surface area contributed by atoms with E-state index in [9.17, 15) is 19.8 Å². The average molecular weight is 359 g/mol. The number of carbonyl (C=O) groups is 2. The van der Waals surface area contributed by atoms with Crippen LogP contribution in [0.15, 0.2) is 48.5 Å². The number of ketones is 2. The van der Waals surface area contributed by atoms with E-state index in [1.807, 2.05) is 13.8 Å². The molecule has 0 fully saturated rings. The van der Waals surface area contributed by atoms with Crippen molar-refractivity contribution in [3.63, 3.8) is 0 Å². The summed E-state index contributed by atoms with van der Waals surface area (Å²) < 4.78 is 0. The summed E-state index contributed by atoms with van der Waals surface area (Å²) in [5.74, 6) is -0.751. The Labute approximate surface area is 155 Å². The Hall–Kier alpha value is -3.60. The second kappa shape index (κ2) is 5.99. The average Bonchev–Trinajstić information content (AvgIpc) is 2.63. The van der Waals surface area contributed by atoms with Crippen LogP contribution in [0.1, 0.15) is 43.0 Å². The number of carbonyl (C=O) groups excluding carboxylic acids is 2. The summed E-state index contributed by atoms with van der Waals surface area (Å²) in [6, 6.07) is 12.8. The first-order chi connectivity index (χ1) is 12.9. The minimum Gasteiger partial charge on any atom is -0.508 e. The number of phenols is 2. The topological polar surface area (TPSA) is 86.6 Å². The lowest BCUT2D eigenvalue weighted by Crippen LogP contribution is -2.22. The maximum absolute atomic E-state index is 13.1. The highest BCUT2D eigenvalue weighted by Crippen LogP contribution is 2.39. The number of aromatic hydroxyl groups is 2. The number of nitrogens with one attached hydrogen (secondary N) is 1. The van der Waals surface area contributed by atoms with Crippen molar-refractivity contribution in [3.05, 3.63) is 81.9 Å². The summed E-state index contributed by atoms with van der Waals surface area (Å²) in [6.07, 6.45) is 0. The Bertz CT molecular complexity index is 1110. The first kappa shape index (κ1) is 16.8. The first-order valence-corrected chi connectivity index (χ1v) is 8.50. The SMILES string of the molecule is Cc1cc(O)cc(C)c1Nc1ccc(O)c2c1C(=O)c1ccccc1C2=O. The van der Waals surface area contributed by atoms with Crippen molar-refractivity contribution in [2.24, 2.45) is 0 Å². The number of rotatable bonds is 2. The second-order valence-corrected chi connectivity index (χ2v) is 6.67. The fraction of sp³-hybridized carbons (Fsp3) is 0.0909. The molecule has 5 heteroatoms. The van der Waals surface area contributed by atoms with Crippen LogP contribution >= 0.6 is 0 Å². The summed E-state index contributed by atoms with van der Waals surface area (Å²) in [5, 5.41) is 23.2. The molecule has 0 heterocycles. The molecular formula is C22H17NO4. The lowest BCUT2D eigenvalue weighted by molar-refractivity contribution is 0.0977. The minimum absolute atomic E-state index is 0.0118. The van der Waals surface area contributed by atoms with Crippen LogP contribution in [-0.4, -0.2) is 21.8 Å². The molecule has 0 spiro atoms. The number of phenolic OH excluding ortho intramolecular Hbond substituents is 2. The van der Waals surface area contributed by atoms with Gasteiger partial charge in [0.25, 0.3) is 0 Å². The van der Waals surface area contributed by atoms with Crippen molar-refractivity contribution in [1.82, 2.24) is 0 Å².